The average molecular weight is 370 g/mol. The van der Waals surface area contributed by atoms with E-state index in [9.17, 15) is 8.78 Å². The zero-order valence-electron chi connectivity index (χ0n) is 11.7. The molecule has 2 rings (SSSR count). The SMILES string of the molecule is C#CC1=C[C-]=C(c2ccc(C#N)cc2)N(CC(F)F)C1=C.[Y]. The first kappa shape index (κ1) is 18.3. The first-order valence-electron chi connectivity index (χ1n) is 6.12. The zero-order chi connectivity index (χ0) is 15.4. The molecule has 0 saturated heterocycles. The molecule has 22 heavy (non-hydrogen) atoms. The van der Waals surface area contributed by atoms with Gasteiger partial charge in [-0.15, -0.1) is 24.5 Å². The molecular formula is C17H11F2N2Y-. The van der Waals surface area contributed by atoms with Crippen molar-refractivity contribution in [2.45, 2.75) is 6.43 Å². The summed E-state index contributed by atoms with van der Waals surface area (Å²) in [7, 11) is 0. The minimum absolute atomic E-state index is 0. The van der Waals surface area contributed by atoms with Crippen LogP contribution in [0.3, 0.4) is 0 Å². The third-order valence-electron chi connectivity index (χ3n) is 3.02. The summed E-state index contributed by atoms with van der Waals surface area (Å²) in [5.74, 6) is 2.40. The van der Waals surface area contributed by atoms with Crippen molar-refractivity contribution in [3.05, 3.63) is 65.4 Å². The van der Waals surface area contributed by atoms with Crippen LogP contribution in [0.1, 0.15) is 11.1 Å². The van der Waals surface area contributed by atoms with Crippen LogP contribution in [0.2, 0.25) is 0 Å². The normalized spacial score (nSPS) is 13.7. The van der Waals surface area contributed by atoms with E-state index in [2.05, 4.69) is 18.6 Å². The molecule has 0 spiro atoms. The largest absolute Gasteiger partial charge is 0.369 e. The molecule has 1 aliphatic heterocycles. The Hall–Kier alpha value is -1.75. The van der Waals surface area contributed by atoms with Gasteiger partial charge in [-0.3, -0.25) is 0 Å². The van der Waals surface area contributed by atoms with Crippen LogP contribution in [0.4, 0.5) is 8.78 Å². The Labute approximate surface area is 153 Å². The van der Waals surface area contributed by atoms with E-state index in [0.29, 0.717) is 28.1 Å². The Morgan fingerprint density at radius 1 is 1.32 bits per heavy atom. The first-order chi connectivity index (χ1) is 10.1. The van der Waals surface area contributed by atoms with Crippen LogP contribution in [0.5, 0.6) is 0 Å². The van der Waals surface area contributed by atoms with Gasteiger partial charge in [-0.1, -0.05) is 35.5 Å². The number of benzene rings is 1. The third kappa shape index (κ3) is 3.92. The fraction of sp³-hybridized carbons (Fsp3) is 0.118. The Kier molecular flexibility index (Phi) is 6.69. The maximum Gasteiger partial charge on any atom is 0.256 e. The molecule has 5 heteroatoms. The van der Waals surface area contributed by atoms with E-state index in [1.165, 1.54) is 4.90 Å². The van der Waals surface area contributed by atoms with Crippen molar-refractivity contribution in [3.8, 4) is 18.4 Å². The summed E-state index contributed by atoms with van der Waals surface area (Å²) in [6, 6.07) is 8.61. The average Bonchev–Trinajstić information content (AvgIpc) is 2.49. The molecule has 1 aliphatic rings. The number of terminal acetylenes is 1. The molecule has 0 unspecified atom stereocenters. The minimum atomic E-state index is -2.53. The van der Waals surface area contributed by atoms with Crippen molar-refractivity contribution in [1.82, 2.24) is 4.90 Å². The van der Waals surface area contributed by atoms with E-state index in [-0.39, 0.29) is 32.7 Å². The standard InChI is InChI=1S/C17H11F2N2.Y/c1-3-14-8-9-16(21(12(14)2)11-17(18)19)15-6-4-13(10-20)5-7-15;/h1,4-8,17H,2,11H2;/q-1;. The van der Waals surface area contributed by atoms with Crippen molar-refractivity contribution in [2.24, 2.45) is 0 Å². The summed E-state index contributed by atoms with van der Waals surface area (Å²) < 4.78 is 25.6. The molecule has 107 valence electrons. The number of nitriles is 1. The Bertz CT molecular complexity index is 704. The maximum absolute atomic E-state index is 12.8. The van der Waals surface area contributed by atoms with Crippen molar-refractivity contribution in [2.75, 3.05) is 6.54 Å². The number of halogens is 2. The summed E-state index contributed by atoms with van der Waals surface area (Å²) in [4.78, 5) is 1.35. The van der Waals surface area contributed by atoms with E-state index in [4.69, 9.17) is 11.7 Å². The molecule has 1 aromatic carbocycles. The van der Waals surface area contributed by atoms with Gasteiger partial charge in [0, 0.05) is 38.3 Å². The second-order valence-electron chi connectivity index (χ2n) is 4.33. The van der Waals surface area contributed by atoms with Crippen LogP contribution < -0.4 is 0 Å². The van der Waals surface area contributed by atoms with Gasteiger partial charge >= 0.3 is 0 Å². The molecule has 0 saturated carbocycles. The fourth-order valence-corrected chi connectivity index (χ4v) is 1.99. The van der Waals surface area contributed by atoms with Crippen molar-refractivity contribution in [1.29, 1.82) is 5.26 Å². The second kappa shape index (κ2) is 8.04. The number of rotatable bonds is 3. The van der Waals surface area contributed by atoms with Gasteiger partial charge in [-0.2, -0.15) is 17.4 Å². The maximum atomic E-state index is 12.8. The molecule has 0 bridgehead atoms. The molecule has 0 atom stereocenters. The van der Waals surface area contributed by atoms with Crippen LogP contribution in [0.25, 0.3) is 5.70 Å². The van der Waals surface area contributed by atoms with Gasteiger partial charge < -0.3 is 4.90 Å². The van der Waals surface area contributed by atoms with E-state index >= 15 is 0 Å². The van der Waals surface area contributed by atoms with E-state index in [0.717, 1.165) is 0 Å². The first-order valence-corrected chi connectivity index (χ1v) is 6.12. The summed E-state index contributed by atoms with van der Waals surface area (Å²) >= 11 is 0. The van der Waals surface area contributed by atoms with Gasteiger partial charge in [0.05, 0.1) is 12.6 Å². The van der Waals surface area contributed by atoms with E-state index < -0.39 is 13.0 Å². The van der Waals surface area contributed by atoms with Crippen LogP contribution in [0, 0.1) is 29.8 Å². The Balaban J connectivity index is 0.00000242. The molecule has 1 heterocycles. The minimum Gasteiger partial charge on any atom is -0.369 e. The monoisotopic (exact) mass is 370 g/mol. The molecule has 0 aromatic heterocycles. The van der Waals surface area contributed by atoms with Gasteiger partial charge in [0.25, 0.3) is 6.43 Å². The molecule has 1 radical (unpaired) electrons. The van der Waals surface area contributed by atoms with E-state index in [1.807, 2.05) is 6.07 Å². The van der Waals surface area contributed by atoms with Crippen LogP contribution in [-0.4, -0.2) is 17.9 Å². The van der Waals surface area contributed by atoms with Crippen molar-refractivity contribution >= 4 is 5.70 Å². The Morgan fingerprint density at radius 2 is 1.95 bits per heavy atom. The molecule has 2 nitrogen and oxygen atoms in total. The fourth-order valence-electron chi connectivity index (χ4n) is 1.99. The van der Waals surface area contributed by atoms with Crippen molar-refractivity contribution < 1.29 is 41.5 Å². The van der Waals surface area contributed by atoms with Crippen LogP contribution >= 0.6 is 0 Å². The predicted molar refractivity (Wildman–Crippen MR) is 76.6 cm³/mol. The topological polar surface area (TPSA) is 27.0 Å². The number of hydrogen-bond acceptors (Lipinski definition) is 2. The molecule has 1 aromatic rings. The third-order valence-corrected chi connectivity index (χ3v) is 3.02. The number of nitrogens with zero attached hydrogens (tertiary/aromatic N) is 2. The van der Waals surface area contributed by atoms with Gasteiger partial charge in [0.1, 0.15) is 0 Å². The van der Waals surface area contributed by atoms with Gasteiger partial charge in [0.2, 0.25) is 0 Å². The van der Waals surface area contributed by atoms with Gasteiger partial charge in [-0.05, 0) is 5.70 Å². The molecule has 0 aliphatic carbocycles. The number of allylic oxidation sites excluding steroid dienone is 3. The van der Waals surface area contributed by atoms with Gasteiger partial charge in [-0.25, -0.2) is 8.78 Å². The summed E-state index contributed by atoms with van der Waals surface area (Å²) in [5.41, 5.74) is 2.39. The quantitative estimate of drug-likeness (QED) is 0.603. The summed E-state index contributed by atoms with van der Waals surface area (Å²) in [6.45, 7) is 3.27. The van der Waals surface area contributed by atoms with Crippen molar-refractivity contribution in [3.63, 3.8) is 0 Å². The van der Waals surface area contributed by atoms with Gasteiger partial charge in [0.15, 0.2) is 0 Å². The van der Waals surface area contributed by atoms with E-state index in [1.54, 1.807) is 30.3 Å². The molecular weight excluding hydrogens is 359 g/mol. The smallest absolute Gasteiger partial charge is 0.256 e. The van der Waals surface area contributed by atoms with Crippen LogP contribution in [0.15, 0.2) is 48.2 Å². The summed E-state index contributed by atoms with van der Waals surface area (Å²) in [6.07, 6.45) is 7.27. The molecule has 0 N–H and O–H groups in total. The predicted octanol–water partition coefficient (Wildman–Crippen LogP) is 3.35. The molecule has 0 amide bonds. The zero-order valence-corrected chi connectivity index (χ0v) is 14.5. The number of hydrogen-bond donors (Lipinski definition) is 0. The molecule has 0 fully saturated rings. The second-order valence-corrected chi connectivity index (χ2v) is 4.33. The Morgan fingerprint density at radius 3 is 2.45 bits per heavy atom. The number of alkyl halides is 2. The summed E-state index contributed by atoms with van der Waals surface area (Å²) in [5, 5.41) is 8.79. The van der Waals surface area contributed by atoms with Crippen LogP contribution in [-0.2, 0) is 32.7 Å².